The molecule has 3 heterocycles. The van der Waals surface area contributed by atoms with Gasteiger partial charge in [-0.25, -0.2) is 14.4 Å². The lowest BCUT2D eigenvalue weighted by Crippen LogP contribution is -2.53. The number of amides is 3. The lowest BCUT2D eigenvalue weighted by atomic mass is 10.0. The van der Waals surface area contributed by atoms with Crippen molar-refractivity contribution >= 4 is 84.2 Å². The third kappa shape index (κ3) is 35.6. The van der Waals surface area contributed by atoms with E-state index < -0.39 is 35.7 Å². The van der Waals surface area contributed by atoms with E-state index in [1.165, 1.54) is 34.8 Å². The summed E-state index contributed by atoms with van der Waals surface area (Å²) in [6.45, 7) is 18.4. The van der Waals surface area contributed by atoms with E-state index in [9.17, 15) is 24.3 Å². The van der Waals surface area contributed by atoms with Crippen molar-refractivity contribution in [1.29, 1.82) is 0 Å². The Bertz CT molecular complexity index is 3680. The third-order valence-electron chi connectivity index (χ3n) is 15.3. The Morgan fingerprint density at radius 2 is 1.21 bits per heavy atom. The van der Waals surface area contributed by atoms with Crippen LogP contribution in [-0.2, 0) is 84.2 Å². The molecule has 0 radical (unpaired) electrons. The number of carbonyl (C=O) groups is 4. The summed E-state index contributed by atoms with van der Waals surface area (Å²) in [5.74, 6) is 3.70. The molecule has 3 amide bonds. The zero-order valence-electron chi connectivity index (χ0n) is 62.1. The second kappa shape index (κ2) is 51.2. The Balaban J connectivity index is 0.725. The van der Waals surface area contributed by atoms with Crippen LogP contribution in [0.25, 0.3) is 20.7 Å². The predicted molar refractivity (Wildman–Crippen MR) is 400 cm³/mol. The molecule has 586 valence electrons. The van der Waals surface area contributed by atoms with E-state index in [2.05, 4.69) is 63.3 Å². The first-order valence-electron chi connectivity index (χ1n) is 35.5. The smallest absolute Gasteiger partial charge is 0.246 e. The monoisotopic (exact) mass is 1530 g/mol. The van der Waals surface area contributed by atoms with Crippen LogP contribution in [0.3, 0.4) is 0 Å². The molecule has 0 aliphatic carbocycles. The second-order valence-corrected chi connectivity index (χ2v) is 27.0. The number of aryl methyl sites for hydroxylation is 2. The molecule has 0 unspecified atom stereocenters. The third-order valence-corrected chi connectivity index (χ3v) is 17.4. The number of rotatable bonds is 58. The molecule has 0 aliphatic rings. The molecule has 3 aromatic carbocycles. The minimum Gasteiger partial charge on any atom is -0.543 e. The van der Waals surface area contributed by atoms with Gasteiger partial charge in [0.15, 0.2) is 33.5 Å². The van der Waals surface area contributed by atoms with Gasteiger partial charge in [0, 0.05) is 46.6 Å². The van der Waals surface area contributed by atoms with Crippen LogP contribution in [0, 0.1) is 30.5 Å². The number of fused-ring (bicyclic) bond motifs is 1. The number of azide groups is 1. The van der Waals surface area contributed by atoms with Crippen molar-refractivity contribution in [1.82, 2.24) is 30.8 Å². The standard InChI is InChI=1S/C73H102FN13O18S2/c1-53(2)66(80-65(88)22-26-93-28-30-95-32-34-97-36-38-99-40-42-101-44-46-103-48-49-104-47-45-102-43-41-100-39-37-98-35-33-96-31-29-94-27-23-76-85-75)70(90)77-55(4)69(89)78-58-19-16-57(17-20-58)52-87(6,7)24-10-12-56-18-21-61(59(74)51-56)105-25-11-15-63-67(71(91)92)81-73(107-63)86(5)64-50-54(3)68(84-83-64)82-72-79-60-13-8-9-14-62(60)106-72/h8-9,13-14,16-21,50-51,53,55,66H,11,15,22-49,52H2,1-7H3,(H4-,77,78,79,80,82,84,88,89,90,91,92)/t55-,66-/m0/s1. The lowest BCUT2D eigenvalue weighted by Gasteiger charge is -2.27. The summed E-state index contributed by atoms with van der Waals surface area (Å²) in [5.41, 5.74) is 11.7. The molecule has 2 atom stereocenters. The van der Waals surface area contributed by atoms with Crippen molar-refractivity contribution < 1.29 is 94.7 Å². The number of nitrogens with zero attached hydrogens (tertiary/aromatic N) is 9. The first-order chi connectivity index (χ1) is 51.9. The van der Waals surface area contributed by atoms with Gasteiger partial charge in [-0.05, 0) is 98.2 Å². The number of ether oxygens (including phenoxy) is 13. The number of carboxylic acid groups (broad SMARTS) is 1. The minimum atomic E-state index is -1.41. The van der Waals surface area contributed by atoms with E-state index in [4.69, 9.17) is 67.1 Å². The van der Waals surface area contributed by atoms with Crippen LogP contribution in [0.5, 0.6) is 5.75 Å². The van der Waals surface area contributed by atoms with Gasteiger partial charge < -0.3 is 102 Å². The van der Waals surface area contributed by atoms with Gasteiger partial charge in [-0.3, -0.25) is 14.4 Å². The number of halogens is 1. The number of hydrogen-bond donors (Lipinski definition) is 4. The average Bonchev–Trinajstić information content (AvgIpc) is 1.69. The van der Waals surface area contributed by atoms with Gasteiger partial charge in [0.25, 0.3) is 0 Å². The Morgan fingerprint density at radius 1 is 0.664 bits per heavy atom. The highest BCUT2D eigenvalue weighted by atomic mass is 32.1. The minimum absolute atomic E-state index is 0.0238. The van der Waals surface area contributed by atoms with Crippen LogP contribution in [-0.4, -0.2) is 260 Å². The maximum absolute atomic E-state index is 15.3. The molecule has 6 aromatic rings. The summed E-state index contributed by atoms with van der Waals surface area (Å²) in [7, 11) is 5.76. The molecule has 0 spiro atoms. The topological polar surface area (TPSA) is 363 Å². The molecule has 0 fully saturated rings. The molecule has 3 aromatic heterocycles. The molecule has 0 saturated carbocycles. The number of carbonyl (C=O) groups excluding carboxylic acids is 4. The van der Waals surface area contributed by atoms with E-state index in [1.807, 2.05) is 63.5 Å². The number of hydrogen-bond acceptors (Lipinski definition) is 27. The quantitative estimate of drug-likeness (QED) is 0.00746. The number of carboxylic acids is 1. The van der Waals surface area contributed by atoms with Crippen LogP contribution >= 0.6 is 22.7 Å². The van der Waals surface area contributed by atoms with Gasteiger partial charge in [0.1, 0.15) is 30.9 Å². The normalized spacial score (nSPS) is 12.0. The highest BCUT2D eigenvalue weighted by Crippen LogP contribution is 2.33. The van der Waals surface area contributed by atoms with E-state index in [1.54, 1.807) is 50.9 Å². The van der Waals surface area contributed by atoms with E-state index in [0.29, 0.717) is 220 Å². The van der Waals surface area contributed by atoms with Crippen molar-refractivity contribution in [3.05, 3.63) is 116 Å². The van der Waals surface area contributed by atoms with Gasteiger partial charge in [0.05, 0.1) is 195 Å². The molecule has 0 aliphatic heterocycles. The number of aromatic nitrogens is 4. The molecular formula is C73H102FN13O18S2. The fourth-order valence-corrected chi connectivity index (χ4v) is 11.6. The first-order valence-corrected chi connectivity index (χ1v) is 37.1. The van der Waals surface area contributed by atoms with Gasteiger partial charge >= 0.3 is 0 Å². The van der Waals surface area contributed by atoms with Gasteiger partial charge in [-0.2, -0.15) is 0 Å². The SMILES string of the molecule is Cc1cc(N(C)c2nc(C(=O)[O-])c(CCCOc3ccc(C#CC[N+](C)(C)Cc4ccc(NC(=O)[C@H](C)NC(=O)[C@@H](NC(=O)CCOCCOCCOCCOCCOCCOCCOCCOCCOCCOCCOCCOCCN=[N+]=[N-])C(C)C)cc4)cc3F)s2)nnc1Nc1nc2ccccc2s1. The molecule has 6 rings (SSSR count). The van der Waals surface area contributed by atoms with Gasteiger partial charge in [0.2, 0.25) is 17.7 Å². The summed E-state index contributed by atoms with van der Waals surface area (Å²) in [6, 6.07) is 19.7. The Kier molecular flexibility index (Phi) is 42.0. The number of quaternary nitrogens is 1. The van der Waals surface area contributed by atoms with E-state index in [0.717, 1.165) is 21.3 Å². The van der Waals surface area contributed by atoms with Gasteiger partial charge in [-0.15, -0.1) is 21.5 Å². The molecule has 31 nitrogen and oxygen atoms in total. The molecule has 4 N–H and O–H groups in total. The zero-order chi connectivity index (χ0) is 76.7. The summed E-state index contributed by atoms with van der Waals surface area (Å²) < 4.78 is 88.4. The number of thiazole rings is 2. The Labute approximate surface area is 632 Å². The number of benzene rings is 3. The lowest BCUT2D eigenvalue weighted by molar-refractivity contribution is -0.896. The average molecular weight is 1530 g/mol. The van der Waals surface area contributed by atoms with Crippen LogP contribution in [0.4, 0.5) is 32.0 Å². The molecule has 0 saturated heterocycles. The first kappa shape index (κ1) is 87.7. The number of anilines is 5. The zero-order valence-corrected chi connectivity index (χ0v) is 63.8. The maximum Gasteiger partial charge on any atom is 0.246 e. The summed E-state index contributed by atoms with van der Waals surface area (Å²) >= 11 is 2.69. The maximum atomic E-state index is 15.3. The Hall–Kier alpha value is -8.18. The predicted octanol–water partition coefficient (Wildman–Crippen LogP) is 6.99. The van der Waals surface area contributed by atoms with E-state index in [-0.39, 0.29) is 49.5 Å². The fraction of sp³-hybridized carbons (Fsp3) is 0.562. The van der Waals surface area contributed by atoms with Crippen LogP contribution in [0.2, 0.25) is 0 Å². The van der Waals surface area contributed by atoms with Crippen LogP contribution < -0.4 is 36.0 Å². The largest absolute Gasteiger partial charge is 0.543 e. The molecule has 0 bridgehead atoms. The molecular weight excluding hydrogens is 1430 g/mol. The van der Waals surface area contributed by atoms with Crippen LogP contribution in [0.15, 0.2) is 77.9 Å². The number of aromatic carboxylic acids is 1. The molecule has 107 heavy (non-hydrogen) atoms. The van der Waals surface area contributed by atoms with Gasteiger partial charge in [-0.1, -0.05) is 60.5 Å². The number of para-hydroxylation sites is 1. The van der Waals surface area contributed by atoms with Crippen molar-refractivity contribution in [2.75, 3.05) is 215 Å². The highest BCUT2D eigenvalue weighted by Gasteiger charge is 2.28. The summed E-state index contributed by atoms with van der Waals surface area (Å²) in [6.07, 6.45) is 0.695. The van der Waals surface area contributed by atoms with Crippen LogP contribution in [0.1, 0.15) is 65.7 Å². The van der Waals surface area contributed by atoms with Crippen molar-refractivity contribution in [3.8, 4) is 17.6 Å². The summed E-state index contributed by atoms with van der Waals surface area (Å²) in [5, 5.41) is 36.9. The van der Waals surface area contributed by atoms with Crippen molar-refractivity contribution in [3.63, 3.8) is 0 Å². The van der Waals surface area contributed by atoms with Crippen molar-refractivity contribution in [2.24, 2.45) is 11.0 Å². The molecule has 34 heteroatoms. The second-order valence-electron chi connectivity index (χ2n) is 24.9. The Morgan fingerprint density at radius 3 is 1.72 bits per heavy atom. The fourth-order valence-electron chi connectivity index (χ4n) is 9.64. The van der Waals surface area contributed by atoms with Crippen molar-refractivity contribution in [2.45, 2.75) is 65.6 Å². The van der Waals surface area contributed by atoms with E-state index >= 15 is 4.39 Å². The summed E-state index contributed by atoms with van der Waals surface area (Å²) in [4.78, 5) is 65.3. The highest BCUT2D eigenvalue weighted by molar-refractivity contribution is 7.22. The number of nitrogens with one attached hydrogen (secondary N) is 4.